The van der Waals surface area contributed by atoms with E-state index in [1.54, 1.807) is 13.1 Å². The Kier molecular flexibility index (Phi) is 2.66. The number of hydrogen-bond acceptors (Lipinski definition) is 3. The van der Waals surface area contributed by atoms with Crippen LogP contribution in [0, 0.1) is 0 Å². The van der Waals surface area contributed by atoms with Crippen molar-refractivity contribution in [3.63, 3.8) is 0 Å². The van der Waals surface area contributed by atoms with E-state index in [-0.39, 0.29) is 6.04 Å². The highest BCUT2D eigenvalue weighted by Crippen LogP contribution is 2.22. The molecule has 0 aliphatic heterocycles. The first-order valence-electron chi connectivity index (χ1n) is 4.97. The van der Waals surface area contributed by atoms with E-state index in [0.29, 0.717) is 0 Å². The van der Waals surface area contributed by atoms with Crippen LogP contribution >= 0.6 is 0 Å². The molecule has 3 heteroatoms. The minimum Gasteiger partial charge on any atom is -0.391 e. The highest BCUT2D eigenvalue weighted by Gasteiger charge is 2.14. The van der Waals surface area contributed by atoms with E-state index in [9.17, 15) is 5.11 Å². The maximum Gasteiger partial charge on any atom is 0.0750 e. The molecule has 0 saturated heterocycles. The summed E-state index contributed by atoms with van der Waals surface area (Å²) in [4.78, 5) is 4.29. The quantitative estimate of drug-likeness (QED) is 0.778. The Balaban J connectivity index is 2.60. The van der Waals surface area contributed by atoms with Crippen molar-refractivity contribution >= 4 is 10.9 Å². The van der Waals surface area contributed by atoms with Crippen molar-refractivity contribution in [2.45, 2.75) is 19.1 Å². The zero-order valence-corrected chi connectivity index (χ0v) is 8.59. The molecule has 0 saturated carbocycles. The number of nitrogens with two attached hydrogens (primary N) is 1. The second-order valence-corrected chi connectivity index (χ2v) is 3.69. The third-order valence-corrected chi connectivity index (χ3v) is 2.54. The molecular weight excluding hydrogens is 188 g/mol. The van der Waals surface area contributed by atoms with Crippen LogP contribution < -0.4 is 5.73 Å². The first kappa shape index (κ1) is 10.1. The summed E-state index contributed by atoms with van der Waals surface area (Å²) in [6.45, 7) is 1.69. The second-order valence-electron chi connectivity index (χ2n) is 3.69. The van der Waals surface area contributed by atoms with Crippen LogP contribution in [0.4, 0.5) is 0 Å². The van der Waals surface area contributed by atoms with Crippen molar-refractivity contribution in [3.8, 4) is 0 Å². The van der Waals surface area contributed by atoms with Crippen molar-refractivity contribution in [1.82, 2.24) is 4.98 Å². The van der Waals surface area contributed by atoms with Gasteiger partial charge in [-0.3, -0.25) is 4.98 Å². The Bertz CT molecular complexity index is 463. The number of hydrogen-bond donors (Lipinski definition) is 2. The molecule has 3 N–H and O–H groups in total. The molecule has 3 nitrogen and oxygen atoms in total. The number of nitrogens with zero attached hydrogens (tertiary/aromatic N) is 1. The van der Waals surface area contributed by atoms with Crippen LogP contribution in [0.15, 0.2) is 36.5 Å². The van der Waals surface area contributed by atoms with Crippen LogP contribution in [-0.2, 0) is 0 Å². The van der Waals surface area contributed by atoms with Gasteiger partial charge in [-0.1, -0.05) is 24.3 Å². The predicted octanol–water partition coefficient (Wildman–Crippen LogP) is 1.62. The molecule has 0 amide bonds. The molecule has 1 aromatic carbocycles. The molecule has 1 aromatic heterocycles. The summed E-state index contributed by atoms with van der Waals surface area (Å²) in [5.74, 6) is 0. The maximum atomic E-state index is 9.48. The lowest BCUT2D eigenvalue weighted by molar-refractivity contribution is 0.165. The third-order valence-electron chi connectivity index (χ3n) is 2.54. The molecular formula is C12H14N2O. The van der Waals surface area contributed by atoms with E-state index in [1.165, 1.54) is 0 Å². The summed E-state index contributed by atoms with van der Waals surface area (Å²) >= 11 is 0. The predicted molar refractivity (Wildman–Crippen MR) is 60.4 cm³/mol. The van der Waals surface area contributed by atoms with Gasteiger partial charge in [-0.2, -0.15) is 0 Å². The third kappa shape index (κ3) is 1.84. The van der Waals surface area contributed by atoms with Gasteiger partial charge in [0.25, 0.3) is 0 Å². The summed E-state index contributed by atoms with van der Waals surface area (Å²) in [6.07, 6.45) is 1.17. The molecule has 0 fully saturated rings. The molecule has 0 aliphatic rings. The molecule has 1 heterocycles. The number of rotatable bonds is 2. The number of aliphatic hydroxyl groups is 1. The lowest BCUT2D eigenvalue weighted by atomic mass is 10.00. The number of pyridine rings is 1. The van der Waals surface area contributed by atoms with Gasteiger partial charge in [0.2, 0.25) is 0 Å². The lowest BCUT2D eigenvalue weighted by Gasteiger charge is -2.16. The van der Waals surface area contributed by atoms with Crippen molar-refractivity contribution < 1.29 is 5.11 Å². The van der Waals surface area contributed by atoms with E-state index in [2.05, 4.69) is 4.98 Å². The van der Waals surface area contributed by atoms with Crippen LogP contribution in [0.2, 0.25) is 0 Å². The smallest absolute Gasteiger partial charge is 0.0750 e. The number of aromatic nitrogens is 1. The minimum absolute atomic E-state index is 0.386. The zero-order valence-electron chi connectivity index (χ0n) is 8.59. The Hall–Kier alpha value is -1.45. The number of aliphatic hydroxyl groups excluding tert-OH is 1. The second kappa shape index (κ2) is 3.96. The Morgan fingerprint density at radius 3 is 2.73 bits per heavy atom. The van der Waals surface area contributed by atoms with Gasteiger partial charge in [0, 0.05) is 11.6 Å². The van der Waals surface area contributed by atoms with Crippen molar-refractivity contribution in [1.29, 1.82) is 0 Å². The van der Waals surface area contributed by atoms with E-state index in [1.807, 2.05) is 30.3 Å². The lowest BCUT2D eigenvalue weighted by Crippen LogP contribution is -2.23. The van der Waals surface area contributed by atoms with Crippen molar-refractivity contribution in [3.05, 3.63) is 42.1 Å². The number of fused-ring (bicyclic) bond motifs is 1. The molecule has 2 aromatic rings. The van der Waals surface area contributed by atoms with Crippen LogP contribution in [-0.4, -0.2) is 16.2 Å². The van der Waals surface area contributed by atoms with Crippen molar-refractivity contribution in [2.75, 3.05) is 0 Å². The van der Waals surface area contributed by atoms with Gasteiger partial charge in [0.15, 0.2) is 0 Å². The fourth-order valence-corrected chi connectivity index (χ4v) is 1.66. The average Bonchev–Trinajstić information content (AvgIpc) is 2.27. The van der Waals surface area contributed by atoms with Crippen LogP contribution in [0.3, 0.4) is 0 Å². The van der Waals surface area contributed by atoms with Crippen LogP contribution in [0.1, 0.15) is 18.5 Å². The Morgan fingerprint density at radius 1 is 1.27 bits per heavy atom. The van der Waals surface area contributed by atoms with E-state index >= 15 is 0 Å². The molecule has 0 bridgehead atoms. The normalized spacial score (nSPS) is 15.1. The molecule has 2 atom stereocenters. The monoisotopic (exact) mass is 202 g/mol. The Labute approximate surface area is 88.6 Å². The fraction of sp³-hybridized carbons (Fsp3) is 0.250. The highest BCUT2D eigenvalue weighted by molar-refractivity contribution is 5.82. The fourth-order valence-electron chi connectivity index (χ4n) is 1.66. The summed E-state index contributed by atoms with van der Waals surface area (Å²) in [7, 11) is 0. The van der Waals surface area contributed by atoms with Gasteiger partial charge >= 0.3 is 0 Å². The summed E-state index contributed by atoms with van der Waals surface area (Å²) < 4.78 is 0. The Morgan fingerprint density at radius 2 is 2.00 bits per heavy atom. The van der Waals surface area contributed by atoms with Gasteiger partial charge in [0.05, 0.1) is 17.7 Å². The number of para-hydroxylation sites is 1. The largest absolute Gasteiger partial charge is 0.391 e. The average molecular weight is 202 g/mol. The topological polar surface area (TPSA) is 59.1 Å². The molecule has 0 aliphatic carbocycles. The molecule has 0 spiro atoms. The van der Waals surface area contributed by atoms with Crippen LogP contribution in [0.25, 0.3) is 10.9 Å². The molecule has 15 heavy (non-hydrogen) atoms. The summed E-state index contributed by atoms with van der Waals surface area (Å²) in [6, 6.07) is 9.32. The summed E-state index contributed by atoms with van der Waals surface area (Å²) in [5.41, 5.74) is 7.67. The SMILES string of the molecule is C[C@H](O)[C@H](N)c1cccc2cccnc12. The maximum absolute atomic E-state index is 9.48. The zero-order chi connectivity index (χ0) is 10.8. The first-order chi connectivity index (χ1) is 7.20. The van der Waals surface area contributed by atoms with Crippen molar-refractivity contribution in [2.24, 2.45) is 5.73 Å². The number of benzene rings is 1. The molecule has 78 valence electrons. The van der Waals surface area contributed by atoms with Gasteiger partial charge in [-0.15, -0.1) is 0 Å². The van der Waals surface area contributed by atoms with Gasteiger partial charge < -0.3 is 10.8 Å². The van der Waals surface area contributed by atoms with Gasteiger partial charge in [-0.05, 0) is 18.6 Å². The molecule has 0 radical (unpaired) electrons. The first-order valence-corrected chi connectivity index (χ1v) is 4.97. The van der Waals surface area contributed by atoms with E-state index < -0.39 is 6.10 Å². The summed E-state index contributed by atoms with van der Waals surface area (Å²) in [5, 5.41) is 10.5. The van der Waals surface area contributed by atoms with E-state index in [4.69, 9.17) is 5.73 Å². The molecule has 0 unspecified atom stereocenters. The molecule has 2 rings (SSSR count). The minimum atomic E-state index is -0.572. The van der Waals surface area contributed by atoms with E-state index in [0.717, 1.165) is 16.5 Å². The standard InChI is InChI=1S/C12H14N2O/c1-8(15)11(13)10-6-2-4-9-5-3-7-14-12(9)10/h2-8,11,15H,13H2,1H3/t8-,11-/m0/s1. The van der Waals surface area contributed by atoms with Gasteiger partial charge in [-0.25, -0.2) is 0 Å². The van der Waals surface area contributed by atoms with Gasteiger partial charge in [0.1, 0.15) is 0 Å². The highest BCUT2D eigenvalue weighted by atomic mass is 16.3. The van der Waals surface area contributed by atoms with Crippen LogP contribution in [0.5, 0.6) is 0 Å².